The van der Waals surface area contributed by atoms with Gasteiger partial charge in [0, 0.05) is 6.04 Å². The number of carbonyl (C=O) groups is 1. The van der Waals surface area contributed by atoms with Crippen LogP contribution in [0.4, 0.5) is 0 Å². The Kier molecular flexibility index (Phi) is 3.05. The lowest BCUT2D eigenvalue weighted by atomic mass is 9.83. The van der Waals surface area contributed by atoms with Crippen LogP contribution in [0.15, 0.2) is 0 Å². The first-order valence-corrected chi connectivity index (χ1v) is 4.27. The molecule has 0 aromatic rings. The van der Waals surface area contributed by atoms with Gasteiger partial charge < -0.3 is 15.9 Å². The van der Waals surface area contributed by atoms with Gasteiger partial charge in [-0.25, -0.2) is 4.79 Å². The summed E-state index contributed by atoms with van der Waals surface area (Å²) in [6, 6.07) is 0.197. The highest BCUT2D eigenvalue weighted by Crippen LogP contribution is 2.25. The number of hydrogen-bond acceptors (Lipinski definition) is 3. The Morgan fingerprint density at radius 3 is 2.25 bits per heavy atom. The van der Waals surface area contributed by atoms with Crippen LogP contribution in [0.3, 0.4) is 0 Å². The number of aliphatic hydroxyl groups is 1. The van der Waals surface area contributed by atoms with Gasteiger partial charge in [-0.1, -0.05) is 0 Å². The third-order valence-electron chi connectivity index (χ3n) is 2.52. The summed E-state index contributed by atoms with van der Waals surface area (Å²) in [5, 5.41) is 17.7. The van der Waals surface area contributed by atoms with Crippen molar-refractivity contribution in [2.24, 2.45) is 11.7 Å². The molecule has 12 heavy (non-hydrogen) atoms. The molecule has 1 saturated carbocycles. The lowest BCUT2D eigenvalue weighted by Gasteiger charge is -2.27. The van der Waals surface area contributed by atoms with Crippen molar-refractivity contribution < 1.29 is 15.0 Å². The van der Waals surface area contributed by atoms with Gasteiger partial charge in [0.15, 0.2) is 6.10 Å². The normalized spacial score (nSPS) is 32.8. The standard InChI is InChI=1S/C8H15NO3/c9-6-3-1-5(2-4-6)7(10)8(11)12/h5-7,10H,1-4,9H2,(H,11,12)/t5?,6?,7-/m1/s1. The monoisotopic (exact) mass is 173 g/mol. The van der Waals surface area contributed by atoms with Crippen LogP contribution in [-0.2, 0) is 4.79 Å². The van der Waals surface area contributed by atoms with Crippen molar-refractivity contribution in [3.63, 3.8) is 0 Å². The molecule has 4 nitrogen and oxygen atoms in total. The van der Waals surface area contributed by atoms with E-state index >= 15 is 0 Å². The Morgan fingerprint density at radius 1 is 1.33 bits per heavy atom. The van der Waals surface area contributed by atoms with Gasteiger partial charge in [0.1, 0.15) is 0 Å². The van der Waals surface area contributed by atoms with Crippen LogP contribution in [0.2, 0.25) is 0 Å². The van der Waals surface area contributed by atoms with Crippen LogP contribution in [0.5, 0.6) is 0 Å². The Morgan fingerprint density at radius 2 is 1.83 bits per heavy atom. The van der Waals surface area contributed by atoms with Crippen molar-refractivity contribution in [1.82, 2.24) is 0 Å². The van der Waals surface area contributed by atoms with E-state index in [1.165, 1.54) is 0 Å². The van der Waals surface area contributed by atoms with Gasteiger partial charge in [0.2, 0.25) is 0 Å². The molecular weight excluding hydrogens is 158 g/mol. The molecule has 1 fully saturated rings. The van der Waals surface area contributed by atoms with Gasteiger partial charge >= 0.3 is 5.97 Å². The van der Waals surface area contributed by atoms with Crippen molar-refractivity contribution in [1.29, 1.82) is 0 Å². The Balaban J connectivity index is 2.39. The van der Waals surface area contributed by atoms with Crippen LogP contribution in [0.25, 0.3) is 0 Å². The predicted octanol–water partition coefficient (Wildman–Crippen LogP) is -0.0506. The van der Waals surface area contributed by atoms with Crippen molar-refractivity contribution >= 4 is 5.97 Å². The molecule has 1 aliphatic rings. The van der Waals surface area contributed by atoms with E-state index in [9.17, 15) is 9.90 Å². The highest BCUT2D eigenvalue weighted by Gasteiger charge is 2.28. The highest BCUT2D eigenvalue weighted by atomic mass is 16.4. The Hall–Kier alpha value is -0.610. The number of nitrogens with two attached hydrogens (primary N) is 1. The van der Waals surface area contributed by atoms with Gasteiger partial charge in [-0.3, -0.25) is 0 Å². The number of carboxylic acids is 1. The van der Waals surface area contributed by atoms with Crippen molar-refractivity contribution in [3.05, 3.63) is 0 Å². The first-order valence-electron chi connectivity index (χ1n) is 4.27. The minimum absolute atomic E-state index is 0.0951. The summed E-state index contributed by atoms with van der Waals surface area (Å²) < 4.78 is 0. The molecule has 1 atom stereocenters. The maximum atomic E-state index is 10.4. The van der Waals surface area contributed by atoms with Gasteiger partial charge in [0.25, 0.3) is 0 Å². The summed E-state index contributed by atoms with van der Waals surface area (Å²) in [6.07, 6.45) is 1.92. The molecule has 0 aliphatic heterocycles. The minimum atomic E-state index is -1.20. The van der Waals surface area contributed by atoms with E-state index in [1.54, 1.807) is 0 Å². The average molecular weight is 173 g/mol. The van der Waals surface area contributed by atoms with E-state index in [0.717, 1.165) is 25.7 Å². The largest absolute Gasteiger partial charge is 0.479 e. The third kappa shape index (κ3) is 2.19. The molecule has 70 valence electrons. The summed E-state index contributed by atoms with van der Waals surface area (Å²) in [5.74, 6) is -1.21. The molecule has 0 heterocycles. The van der Waals surface area contributed by atoms with E-state index in [1.807, 2.05) is 0 Å². The van der Waals surface area contributed by atoms with Crippen LogP contribution in [0.1, 0.15) is 25.7 Å². The zero-order valence-electron chi connectivity index (χ0n) is 6.94. The fraction of sp³-hybridized carbons (Fsp3) is 0.875. The molecule has 0 bridgehead atoms. The summed E-state index contributed by atoms with van der Waals surface area (Å²) in [7, 11) is 0. The summed E-state index contributed by atoms with van der Waals surface area (Å²) in [5.41, 5.74) is 5.64. The molecule has 4 N–H and O–H groups in total. The van der Waals surface area contributed by atoms with Gasteiger partial charge in [-0.15, -0.1) is 0 Å². The Bertz CT molecular complexity index is 164. The van der Waals surface area contributed by atoms with Crippen molar-refractivity contribution in [3.8, 4) is 0 Å². The zero-order chi connectivity index (χ0) is 9.14. The second-order valence-electron chi connectivity index (χ2n) is 3.46. The van der Waals surface area contributed by atoms with E-state index < -0.39 is 12.1 Å². The first kappa shape index (κ1) is 9.48. The number of aliphatic carboxylic acids is 1. The summed E-state index contributed by atoms with van der Waals surface area (Å²) >= 11 is 0. The zero-order valence-corrected chi connectivity index (χ0v) is 6.94. The second-order valence-corrected chi connectivity index (χ2v) is 3.46. The molecule has 0 radical (unpaired) electrons. The predicted molar refractivity (Wildman–Crippen MR) is 43.6 cm³/mol. The molecule has 0 aromatic heterocycles. The number of rotatable bonds is 2. The molecular formula is C8H15NO3. The molecule has 4 heteroatoms. The van der Waals surface area contributed by atoms with Gasteiger partial charge in [-0.2, -0.15) is 0 Å². The first-order chi connectivity index (χ1) is 5.61. The van der Waals surface area contributed by atoms with Crippen LogP contribution >= 0.6 is 0 Å². The molecule has 0 saturated heterocycles. The number of hydrogen-bond donors (Lipinski definition) is 3. The molecule has 1 rings (SSSR count). The SMILES string of the molecule is NC1CCC([C@@H](O)C(=O)O)CC1. The second kappa shape index (κ2) is 3.87. The van der Waals surface area contributed by atoms with Crippen molar-refractivity contribution in [2.45, 2.75) is 37.8 Å². The lowest BCUT2D eigenvalue weighted by molar-refractivity contribution is -0.150. The number of carboxylic acid groups (broad SMARTS) is 1. The maximum Gasteiger partial charge on any atom is 0.332 e. The average Bonchev–Trinajstić information content (AvgIpc) is 2.04. The van der Waals surface area contributed by atoms with E-state index in [0.29, 0.717) is 0 Å². The van der Waals surface area contributed by atoms with E-state index in [4.69, 9.17) is 10.8 Å². The van der Waals surface area contributed by atoms with E-state index in [-0.39, 0.29) is 12.0 Å². The van der Waals surface area contributed by atoms with E-state index in [2.05, 4.69) is 0 Å². The number of aliphatic hydroxyl groups excluding tert-OH is 1. The lowest BCUT2D eigenvalue weighted by Crippen LogP contribution is -2.35. The molecule has 1 aliphatic carbocycles. The Labute approximate surface area is 71.4 Å². The van der Waals surface area contributed by atoms with Gasteiger partial charge in [-0.05, 0) is 31.6 Å². The highest BCUT2D eigenvalue weighted by molar-refractivity contribution is 5.72. The van der Waals surface area contributed by atoms with Crippen LogP contribution < -0.4 is 5.73 Å². The summed E-state index contributed by atoms with van der Waals surface area (Å²) in [4.78, 5) is 10.4. The summed E-state index contributed by atoms with van der Waals surface area (Å²) in [6.45, 7) is 0. The smallest absolute Gasteiger partial charge is 0.332 e. The van der Waals surface area contributed by atoms with Crippen molar-refractivity contribution in [2.75, 3.05) is 0 Å². The topological polar surface area (TPSA) is 83.5 Å². The minimum Gasteiger partial charge on any atom is -0.479 e. The molecule has 0 amide bonds. The quantitative estimate of drug-likeness (QED) is 0.546. The fourth-order valence-corrected chi connectivity index (χ4v) is 1.66. The van der Waals surface area contributed by atoms with Crippen LogP contribution in [-0.4, -0.2) is 28.3 Å². The fourth-order valence-electron chi connectivity index (χ4n) is 1.66. The molecule has 0 aromatic carbocycles. The maximum absolute atomic E-state index is 10.4. The van der Waals surface area contributed by atoms with Gasteiger partial charge in [0.05, 0.1) is 0 Å². The molecule has 0 unspecified atom stereocenters. The third-order valence-corrected chi connectivity index (χ3v) is 2.52. The van der Waals surface area contributed by atoms with Crippen LogP contribution in [0, 0.1) is 5.92 Å². The molecule has 0 spiro atoms.